The predicted molar refractivity (Wildman–Crippen MR) is 95.4 cm³/mol. The number of nitrogens with one attached hydrogen (secondary N) is 1. The average Bonchev–Trinajstić information content (AvgIpc) is 2.95. The van der Waals surface area contributed by atoms with Crippen LogP contribution in [0, 0.1) is 17.0 Å². The zero-order valence-electron chi connectivity index (χ0n) is 13.0. The summed E-state index contributed by atoms with van der Waals surface area (Å²) in [6.07, 6.45) is 0. The van der Waals surface area contributed by atoms with Gasteiger partial charge in [-0.25, -0.2) is 4.98 Å². The Bertz CT molecular complexity index is 1140. The highest BCUT2D eigenvalue weighted by Crippen LogP contribution is 2.35. The Hall–Kier alpha value is -3.19. The molecule has 2 aromatic heterocycles. The first kappa shape index (κ1) is 15.3. The lowest BCUT2D eigenvalue weighted by Gasteiger charge is -2.08. The molecule has 124 valence electrons. The number of benzene rings is 2. The Kier molecular flexibility index (Phi) is 3.51. The highest BCUT2D eigenvalue weighted by atomic mass is 35.5. The smallest absolute Gasteiger partial charge is 0.270 e. The SMILES string of the molecule is Cc1ccccc1Nc1nc(Cl)nc2c1oc1ccc([N+](=O)[O-])cc12. The maximum Gasteiger partial charge on any atom is 0.270 e. The molecule has 0 atom stereocenters. The van der Waals surface area contributed by atoms with E-state index in [1.165, 1.54) is 12.1 Å². The van der Waals surface area contributed by atoms with Crippen molar-refractivity contribution < 1.29 is 9.34 Å². The average molecular weight is 355 g/mol. The summed E-state index contributed by atoms with van der Waals surface area (Å²) in [4.78, 5) is 18.9. The number of nitro groups is 1. The number of rotatable bonds is 3. The summed E-state index contributed by atoms with van der Waals surface area (Å²) in [5.74, 6) is 0.406. The zero-order chi connectivity index (χ0) is 17.6. The number of halogens is 1. The molecule has 0 bridgehead atoms. The Morgan fingerprint density at radius 1 is 1.20 bits per heavy atom. The lowest BCUT2D eigenvalue weighted by molar-refractivity contribution is -0.384. The van der Waals surface area contributed by atoms with Gasteiger partial charge in [0.1, 0.15) is 11.1 Å². The van der Waals surface area contributed by atoms with E-state index in [4.69, 9.17) is 16.0 Å². The number of furan rings is 1. The summed E-state index contributed by atoms with van der Waals surface area (Å²) in [5.41, 5.74) is 3.13. The number of non-ortho nitro benzene ring substituents is 1. The van der Waals surface area contributed by atoms with Gasteiger partial charge >= 0.3 is 0 Å². The third-order valence-electron chi connectivity index (χ3n) is 3.88. The van der Waals surface area contributed by atoms with E-state index in [1.807, 2.05) is 31.2 Å². The number of aromatic nitrogens is 2. The minimum atomic E-state index is -0.465. The number of para-hydroxylation sites is 1. The molecule has 4 aromatic rings. The first-order valence-electron chi connectivity index (χ1n) is 7.40. The molecule has 0 spiro atoms. The molecule has 7 nitrogen and oxygen atoms in total. The summed E-state index contributed by atoms with van der Waals surface area (Å²) in [7, 11) is 0. The molecule has 25 heavy (non-hydrogen) atoms. The van der Waals surface area contributed by atoms with Gasteiger partial charge in [0.05, 0.1) is 10.3 Å². The Balaban J connectivity index is 1.94. The van der Waals surface area contributed by atoms with E-state index in [0.29, 0.717) is 27.9 Å². The van der Waals surface area contributed by atoms with Crippen LogP contribution in [0.4, 0.5) is 17.2 Å². The first-order chi connectivity index (χ1) is 12.0. The van der Waals surface area contributed by atoms with Crippen molar-refractivity contribution in [1.82, 2.24) is 9.97 Å². The topological polar surface area (TPSA) is 94.1 Å². The molecule has 8 heteroatoms. The van der Waals surface area contributed by atoms with Crippen molar-refractivity contribution in [3.05, 3.63) is 63.4 Å². The third-order valence-corrected chi connectivity index (χ3v) is 4.05. The fourth-order valence-electron chi connectivity index (χ4n) is 2.64. The molecule has 2 heterocycles. The van der Waals surface area contributed by atoms with Crippen molar-refractivity contribution in [2.24, 2.45) is 0 Å². The fourth-order valence-corrected chi connectivity index (χ4v) is 2.81. The number of anilines is 2. The molecule has 2 aromatic carbocycles. The number of hydrogen-bond donors (Lipinski definition) is 1. The van der Waals surface area contributed by atoms with Crippen LogP contribution in [0.15, 0.2) is 46.9 Å². The summed E-state index contributed by atoms with van der Waals surface area (Å²) >= 11 is 6.05. The maximum absolute atomic E-state index is 11.0. The molecule has 0 radical (unpaired) electrons. The van der Waals surface area contributed by atoms with Gasteiger partial charge in [0, 0.05) is 17.8 Å². The van der Waals surface area contributed by atoms with Crippen LogP contribution in [-0.2, 0) is 0 Å². The maximum atomic E-state index is 11.0. The van der Waals surface area contributed by atoms with Gasteiger partial charge in [-0.05, 0) is 36.2 Å². The lowest BCUT2D eigenvalue weighted by Crippen LogP contribution is -1.97. The molecule has 0 saturated carbocycles. The van der Waals surface area contributed by atoms with E-state index in [-0.39, 0.29) is 11.0 Å². The molecule has 0 aliphatic rings. The van der Waals surface area contributed by atoms with Crippen molar-refractivity contribution in [3.63, 3.8) is 0 Å². The van der Waals surface area contributed by atoms with E-state index >= 15 is 0 Å². The van der Waals surface area contributed by atoms with E-state index in [1.54, 1.807) is 6.07 Å². The van der Waals surface area contributed by atoms with Crippen molar-refractivity contribution >= 4 is 50.9 Å². The highest BCUT2D eigenvalue weighted by Gasteiger charge is 2.18. The molecular formula is C17H11ClN4O3. The Labute approximate surface area is 146 Å². The number of nitrogens with zero attached hydrogens (tertiary/aromatic N) is 3. The Morgan fingerprint density at radius 3 is 2.76 bits per heavy atom. The van der Waals surface area contributed by atoms with E-state index < -0.39 is 4.92 Å². The molecule has 4 rings (SSSR count). The van der Waals surface area contributed by atoms with Gasteiger partial charge in [-0.3, -0.25) is 10.1 Å². The van der Waals surface area contributed by atoms with Crippen LogP contribution >= 0.6 is 11.6 Å². The van der Waals surface area contributed by atoms with Crippen molar-refractivity contribution in [2.75, 3.05) is 5.32 Å². The molecule has 0 saturated heterocycles. The molecule has 0 amide bonds. The third kappa shape index (κ3) is 2.64. The standard InChI is InChI=1S/C17H11ClN4O3/c1-9-4-2-3-5-12(9)19-16-15-14(20-17(18)21-16)11-8-10(22(23)24)6-7-13(11)25-15/h2-8H,1H3,(H,19,20,21). The second-order valence-corrected chi connectivity index (χ2v) is 5.84. The summed E-state index contributed by atoms with van der Waals surface area (Å²) in [5, 5.41) is 14.8. The highest BCUT2D eigenvalue weighted by molar-refractivity contribution is 6.29. The number of nitro benzene ring substituents is 1. The molecular weight excluding hydrogens is 344 g/mol. The second-order valence-electron chi connectivity index (χ2n) is 5.50. The van der Waals surface area contributed by atoms with Crippen LogP contribution < -0.4 is 5.32 Å². The van der Waals surface area contributed by atoms with Crippen LogP contribution in [-0.4, -0.2) is 14.9 Å². The molecule has 1 N–H and O–H groups in total. The zero-order valence-corrected chi connectivity index (χ0v) is 13.7. The van der Waals surface area contributed by atoms with Crippen LogP contribution in [0.3, 0.4) is 0 Å². The van der Waals surface area contributed by atoms with Crippen LogP contribution in [0.2, 0.25) is 5.28 Å². The normalized spacial score (nSPS) is 11.1. The lowest BCUT2D eigenvalue weighted by atomic mass is 10.2. The van der Waals surface area contributed by atoms with Crippen LogP contribution in [0.5, 0.6) is 0 Å². The second kappa shape index (κ2) is 5.71. The van der Waals surface area contributed by atoms with E-state index in [0.717, 1.165) is 11.3 Å². The van der Waals surface area contributed by atoms with Gasteiger partial charge in [-0.2, -0.15) is 4.98 Å². The summed E-state index contributed by atoms with van der Waals surface area (Å²) in [6, 6.07) is 12.0. The monoisotopic (exact) mass is 354 g/mol. The molecule has 0 fully saturated rings. The van der Waals surface area contributed by atoms with E-state index in [2.05, 4.69) is 15.3 Å². The van der Waals surface area contributed by atoms with Gasteiger partial charge in [0.2, 0.25) is 5.28 Å². The quantitative estimate of drug-likeness (QED) is 0.316. The summed E-state index contributed by atoms with van der Waals surface area (Å²) in [6.45, 7) is 1.96. The van der Waals surface area contributed by atoms with Crippen LogP contribution in [0.1, 0.15) is 5.56 Å². The Morgan fingerprint density at radius 2 is 2.00 bits per heavy atom. The predicted octanol–water partition coefficient (Wildman–Crippen LogP) is 4.99. The van der Waals surface area contributed by atoms with Crippen molar-refractivity contribution in [2.45, 2.75) is 6.92 Å². The number of hydrogen-bond acceptors (Lipinski definition) is 6. The first-order valence-corrected chi connectivity index (χ1v) is 7.77. The minimum absolute atomic E-state index is 0.0257. The number of aryl methyl sites for hydroxylation is 1. The molecule has 0 aliphatic heterocycles. The van der Waals surface area contributed by atoms with Crippen molar-refractivity contribution in [1.29, 1.82) is 0 Å². The summed E-state index contributed by atoms with van der Waals surface area (Å²) < 4.78 is 5.82. The fraction of sp³-hybridized carbons (Fsp3) is 0.0588. The molecule has 0 unspecified atom stereocenters. The van der Waals surface area contributed by atoms with Gasteiger partial charge in [-0.15, -0.1) is 0 Å². The molecule has 0 aliphatic carbocycles. The van der Waals surface area contributed by atoms with Gasteiger partial charge < -0.3 is 9.73 Å². The van der Waals surface area contributed by atoms with Crippen molar-refractivity contribution in [3.8, 4) is 0 Å². The van der Waals surface area contributed by atoms with Gasteiger partial charge in [0.25, 0.3) is 5.69 Å². The van der Waals surface area contributed by atoms with Crippen LogP contribution in [0.25, 0.3) is 22.1 Å². The van der Waals surface area contributed by atoms with Gasteiger partial charge in [0.15, 0.2) is 11.4 Å². The number of fused-ring (bicyclic) bond motifs is 3. The van der Waals surface area contributed by atoms with E-state index in [9.17, 15) is 10.1 Å². The minimum Gasteiger partial charge on any atom is -0.450 e. The van der Waals surface area contributed by atoms with Gasteiger partial charge in [-0.1, -0.05) is 18.2 Å². The largest absolute Gasteiger partial charge is 0.450 e.